The van der Waals surface area contributed by atoms with Crippen LogP contribution >= 0.6 is 11.3 Å². The summed E-state index contributed by atoms with van der Waals surface area (Å²) in [7, 11) is 3.70. The molecule has 1 rings (SSSR count). The molecule has 0 saturated carbocycles. The summed E-state index contributed by atoms with van der Waals surface area (Å²) in [5.74, 6) is 0. The number of aromatic nitrogens is 1. The topological polar surface area (TPSA) is 45.6 Å². The van der Waals surface area contributed by atoms with E-state index in [9.17, 15) is 5.11 Å². The van der Waals surface area contributed by atoms with Crippen molar-refractivity contribution in [3.05, 3.63) is 11.1 Å². The molecule has 1 atom stereocenters. The molecule has 0 amide bonds. The standard InChI is InChI=1S/C10H18N2O2S/c1-8(13)9-7-11-10(15-9)12(2)5-4-6-14-3/h7-8,13H,4-6H2,1-3H3. The fourth-order valence-corrected chi connectivity index (χ4v) is 2.03. The van der Waals surface area contributed by atoms with Crippen molar-refractivity contribution in [2.45, 2.75) is 19.4 Å². The van der Waals surface area contributed by atoms with Crippen LogP contribution in [0.5, 0.6) is 0 Å². The molecule has 4 nitrogen and oxygen atoms in total. The maximum Gasteiger partial charge on any atom is 0.185 e. The Morgan fingerprint density at radius 2 is 2.40 bits per heavy atom. The van der Waals surface area contributed by atoms with Crippen LogP contribution in [-0.2, 0) is 4.74 Å². The minimum absolute atomic E-state index is 0.427. The summed E-state index contributed by atoms with van der Waals surface area (Å²) in [6.07, 6.45) is 2.29. The number of hydrogen-bond acceptors (Lipinski definition) is 5. The van der Waals surface area contributed by atoms with Gasteiger partial charge >= 0.3 is 0 Å². The smallest absolute Gasteiger partial charge is 0.185 e. The normalized spacial score (nSPS) is 12.8. The van der Waals surface area contributed by atoms with Crippen LogP contribution in [-0.4, -0.2) is 37.4 Å². The molecule has 0 spiro atoms. The summed E-state index contributed by atoms with van der Waals surface area (Å²) in [5, 5.41) is 10.3. The van der Waals surface area contributed by atoms with E-state index in [2.05, 4.69) is 9.88 Å². The Bertz CT molecular complexity index is 289. The van der Waals surface area contributed by atoms with Crippen LogP contribution in [0.3, 0.4) is 0 Å². The Morgan fingerprint density at radius 3 is 2.93 bits per heavy atom. The lowest BCUT2D eigenvalue weighted by Gasteiger charge is -2.14. The molecule has 1 heterocycles. The fourth-order valence-electron chi connectivity index (χ4n) is 1.19. The van der Waals surface area contributed by atoms with E-state index >= 15 is 0 Å². The van der Waals surface area contributed by atoms with Crippen LogP contribution < -0.4 is 4.90 Å². The molecule has 1 unspecified atom stereocenters. The van der Waals surface area contributed by atoms with Crippen LogP contribution in [0.15, 0.2) is 6.20 Å². The minimum atomic E-state index is -0.427. The van der Waals surface area contributed by atoms with Crippen molar-refractivity contribution in [1.82, 2.24) is 4.98 Å². The average Bonchev–Trinajstić information content (AvgIpc) is 2.66. The number of aliphatic hydroxyl groups excluding tert-OH is 1. The van der Waals surface area contributed by atoms with Crippen molar-refractivity contribution in [2.75, 3.05) is 32.2 Å². The van der Waals surface area contributed by atoms with Gasteiger partial charge in [0.15, 0.2) is 5.13 Å². The van der Waals surface area contributed by atoms with E-state index in [4.69, 9.17) is 4.74 Å². The third-order valence-electron chi connectivity index (χ3n) is 2.09. The highest BCUT2D eigenvalue weighted by Gasteiger charge is 2.09. The van der Waals surface area contributed by atoms with Gasteiger partial charge in [-0.3, -0.25) is 0 Å². The van der Waals surface area contributed by atoms with Gasteiger partial charge in [-0.05, 0) is 13.3 Å². The lowest BCUT2D eigenvalue weighted by atomic mass is 10.4. The van der Waals surface area contributed by atoms with Crippen LogP contribution in [0.25, 0.3) is 0 Å². The zero-order valence-electron chi connectivity index (χ0n) is 9.43. The number of methoxy groups -OCH3 is 1. The van der Waals surface area contributed by atoms with Gasteiger partial charge in [0.05, 0.1) is 11.0 Å². The Hall–Kier alpha value is -0.650. The number of hydrogen-bond donors (Lipinski definition) is 1. The van der Waals surface area contributed by atoms with Crippen molar-refractivity contribution in [3.8, 4) is 0 Å². The number of aliphatic hydroxyl groups is 1. The minimum Gasteiger partial charge on any atom is -0.388 e. The number of anilines is 1. The first-order valence-electron chi connectivity index (χ1n) is 4.99. The van der Waals surface area contributed by atoms with Crippen LogP contribution in [0, 0.1) is 0 Å². The van der Waals surface area contributed by atoms with E-state index in [1.165, 1.54) is 11.3 Å². The van der Waals surface area contributed by atoms with Gasteiger partial charge in [0.25, 0.3) is 0 Å². The first-order valence-corrected chi connectivity index (χ1v) is 5.80. The van der Waals surface area contributed by atoms with E-state index in [0.717, 1.165) is 29.6 Å². The molecule has 0 radical (unpaired) electrons. The van der Waals surface area contributed by atoms with E-state index in [1.54, 1.807) is 20.2 Å². The molecule has 0 aromatic carbocycles. The first kappa shape index (κ1) is 12.4. The maximum absolute atomic E-state index is 9.36. The first-order chi connectivity index (χ1) is 7.15. The highest BCUT2D eigenvalue weighted by atomic mass is 32.1. The molecule has 1 aromatic rings. The van der Waals surface area contributed by atoms with Gasteiger partial charge in [0.1, 0.15) is 0 Å². The largest absolute Gasteiger partial charge is 0.388 e. The second kappa shape index (κ2) is 6.05. The van der Waals surface area contributed by atoms with Gasteiger partial charge in [0, 0.05) is 33.5 Å². The third kappa shape index (κ3) is 3.77. The third-order valence-corrected chi connectivity index (χ3v) is 3.37. The van der Waals surface area contributed by atoms with Crippen LogP contribution in [0.4, 0.5) is 5.13 Å². The molecule has 0 aliphatic carbocycles. The molecule has 0 aliphatic heterocycles. The summed E-state index contributed by atoms with van der Waals surface area (Å²) < 4.78 is 4.99. The number of rotatable bonds is 6. The van der Waals surface area contributed by atoms with Gasteiger partial charge in [-0.15, -0.1) is 0 Å². The van der Waals surface area contributed by atoms with Gasteiger partial charge in [-0.2, -0.15) is 0 Å². The zero-order chi connectivity index (χ0) is 11.3. The SMILES string of the molecule is COCCCN(C)c1ncc(C(C)O)s1. The summed E-state index contributed by atoms with van der Waals surface area (Å²) in [6, 6.07) is 0. The molecule has 0 fully saturated rings. The molecule has 5 heteroatoms. The zero-order valence-corrected chi connectivity index (χ0v) is 10.3. The van der Waals surface area contributed by atoms with Crippen molar-refractivity contribution in [1.29, 1.82) is 0 Å². The van der Waals surface area contributed by atoms with E-state index in [1.807, 2.05) is 7.05 Å². The summed E-state index contributed by atoms with van der Waals surface area (Å²) in [5.41, 5.74) is 0. The molecule has 1 aromatic heterocycles. The van der Waals surface area contributed by atoms with E-state index in [-0.39, 0.29) is 0 Å². The molecule has 0 saturated heterocycles. The molecule has 86 valence electrons. The summed E-state index contributed by atoms with van der Waals surface area (Å²) >= 11 is 1.53. The lowest BCUT2D eigenvalue weighted by Crippen LogP contribution is -2.19. The summed E-state index contributed by atoms with van der Waals surface area (Å²) in [4.78, 5) is 7.24. The predicted molar refractivity (Wildman–Crippen MR) is 62.5 cm³/mol. The average molecular weight is 230 g/mol. The van der Waals surface area contributed by atoms with Crippen LogP contribution in [0.2, 0.25) is 0 Å². The Morgan fingerprint density at radius 1 is 1.67 bits per heavy atom. The monoisotopic (exact) mass is 230 g/mol. The van der Waals surface area contributed by atoms with Gasteiger partial charge < -0.3 is 14.7 Å². The maximum atomic E-state index is 9.36. The second-order valence-corrected chi connectivity index (χ2v) is 4.53. The second-order valence-electron chi connectivity index (χ2n) is 3.49. The quantitative estimate of drug-likeness (QED) is 0.755. The molecule has 0 aliphatic rings. The number of nitrogens with zero attached hydrogens (tertiary/aromatic N) is 2. The molecular weight excluding hydrogens is 212 g/mol. The van der Waals surface area contributed by atoms with Gasteiger partial charge in [-0.1, -0.05) is 11.3 Å². The van der Waals surface area contributed by atoms with Crippen LogP contribution in [0.1, 0.15) is 24.3 Å². The molecule has 0 bridgehead atoms. The van der Waals surface area contributed by atoms with E-state index < -0.39 is 6.10 Å². The summed E-state index contributed by atoms with van der Waals surface area (Å²) in [6.45, 7) is 3.43. The van der Waals surface area contributed by atoms with Gasteiger partial charge in [-0.25, -0.2) is 4.98 Å². The molecule has 1 N–H and O–H groups in total. The van der Waals surface area contributed by atoms with Crippen molar-refractivity contribution < 1.29 is 9.84 Å². The number of thiazole rings is 1. The van der Waals surface area contributed by atoms with Gasteiger partial charge in [0.2, 0.25) is 0 Å². The highest BCUT2D eigenvalue weighted by molar-refractivity contribution is 7.15. The van der Waals surface area contributed by atoms with E-state index in [0.29, 0.717) is 0 Å². The molecule has 15 heavy (non-hydrogen) atoms. The Labute approximate surface area is 94.5 Å². The van der Waals surface area contributed by atoms with Crippen molar-refractivity contribution >= 4 is 16.5 Å². The number of ether oxygens (including phenoxy) is 1. The fraction of sp³-hybridized carbons (Fsp3) is 0.700. The predicted octanol–water partition coefficient (Wildman–Crippen LogP) is 1.67. The van der Waals surface area contributed by atoms with Crippen molar-refractivity contribution in [2.24, 2.45) is 0 Å². The highest BCUT2D eigenvalue weighted by Crippen LogP contribution is 2.26. The Kier molecular flexibility index (Phi) is 5.01. The van der Waals surface area contributed by atoms with Crippen molar-refractivity contribution in [3.63, 3.8) is 0 Å². The lowest BCUT2D eigenvalue weighted by molar-refractivity contribution is 0.196. The molecular formula is C10H18N2O2S. The Balaban J connectivity index is 2.47.